The van der Waals surface area contributed by atoms with Crippen molar-refractivity contribution in [2.75, 3.05) is 6.54 Å². The number of halogens is 1. The van der Waals surface area contributed by atoms with Crippen LogP contribution in [-0.2, 0) is 0 Å². The number of aliphatic imine (C=N–C) groups is 1. The molecular formula is C5H15ClN6. The Labute approximate surface area is 77.5 Å². The van der Waals surface area contributed by atoms with E-state index < -0.39 is 0 Å². The van der Waals surface area contributed by atoms with Gasteiger partial charge in [0.15, 0.2) is 11.9 Å². The molecule has 6 nitrogen and oxygen atoms in total. The molecule has 0 aliphatic rings. The maximum absolute atomic E-state index is 6.87. The number of nitrogens with zero attached hydrogens (tertiary/aromatic N) is 1. The first-order valence-electron chi connectivity index (χ1n) is 3.18. The summed E-state index contributed by atoms with van der Waals surface area (Å²) in [5.74, 6) is -0.0366. The molecule has 0 aliphatic carbocycles. The fourth-order valence-electron chi connectivity index (χ4n) is 0.553. The van der Waals surface area contributed by atoms with Gasteiger partial charge < -0.3 is 22.5 Å². The highest BCUT2D eigenvalue weighted by Gasteiger charge is 1.98. The van der Waals surface area contributed by atoms with Crippen molar-refractivity contribution in [2.24, 2.45) is 22.2 Å². The van der Waals surface area contributed by atoms with Gasteiger partial charge in [-0.05, 0) is 6.92 Å². The van der Waals surface area contributed by atoms with Crippen LogP contribution < -0.4 is 22.5 Å². The minimum atomic E-state index is -0.0803. The van der Waals surface area contributed by atoms with Crippen molar-refractivity contribution in [3.8, 4) is 0 Å². The Morgan fingerprint density at radius 2 is 2.00 bits per heavy atom. The predicted molar refractivity (Wildman–Crippen MR) is 52.4 cm³/mol. The molecule has 0 saturated heterocycles. The molecule has 8 N–H and O–H groups in total. The number of nitrogens with two attached hydrogens (primary N) is 3. The highest BCUT2D eigenvalue weighted by atomic mass is 35.5. The molecule has 0 bridgehead atoms. The standard InChI is InChI=1S/C5H14N6.ClH/c1-3(11-5(8)9)2-10-4(6)7;/h3H,2H2,1H3,(H4,6,7,10)(H4,8,9,11);1H. The van der Waals surface area contributed by atoms with Gasteiger partial charge in [0.05, 0.1) is 6.54 Å². The lowest BCUT2D eigenvalue weighted by atomic mass is 10.3. The van der Waals surface area contributed by atoms with Gasteiger partial charge in [-0.2, -0.15) is 0 Å². The monoisotopic (exact) mass is 194 g/mol. The third kappa shape index (κ3) is 8.83. The fourth-order valence-corrected chi connectivity index (χ4v) is 0.553. The van der Waals surface area contributed by atoms with E-state index in [9.17, 15) is 0 Å². The third-order valence-corrected chi connectivity index (χ3v) is 0.950. The van der Waals surface area contributed by atoms with E-state index in [1.807, 2.05) is 6.92 Å². The van der Waals surface area contributed by atoms with E-state index in [0.717, 1.165) is 0 Å². The molecule has 12 heavy (non-hydrogen) atoms. The Kier molecular flexibility index (Phi) is 7.31. The molecule has 0 spiro atoms. The average molecular weight is 195 g/mol. The van der Waals surface area contributed by atoms with E-state index in [0.29, 0.717) is 6.54 Å². The van der Waals surface area contributed by atoms with Crippen LogP contribution in [0.5, 0.6) is 0 Å². The van der Waals surface area contributed by atoms with Gasteiger partial charge in [-0.1, -0.05) is 0 Å². The van der Waals surface area contributed by atoms with Crippen LogP contribution in [0, 0.1) is 5.41 Å². The van der Waals surface area contributed by atoms with E-state index in [4.69, 9.17) is 22.6 Å². The van der Waals surface area contributed by atoms with Crippen molar-refractivity contribution in [3.05, 3.63) is 0 Å². The number of hydrogen-bond acceptors (Lipinski definition) is 2. The lowest BCUT2D eigenvalue weighted by Gasteiger charge is -2.09. The second-order valence-electron chi connectivity index (χ2n) is 2.22. The van der Waals surface area contributed by atoms with E-state index in [1.165, 1.54) is 0 Å². The molecule has 1 atom stereocenters. The normalized spacial score (nSPS) is 10.8. The van der Waals surface area contributed by atoms with E-state index >= 15 is 0 Å². The molecule has 0 heterocycles. The maximum Gasteiger partial charge on any atom is 0.185 e. The summed E-state index contributed by atoms with van der Waals surface area (Å²) in [4.78, 5) is 3.74. The Morgan fingerprint density at radius 1 is 1.50 bits per heavy atom. The van der Waals surface area contributed by atoms with E-state index in [1.54, 1.807) is 0 Å². The van der Waals surface area contributed by atoms with Crippen molar-refractivity contribution in [1.29, 1.82) is 5.41 Å². The molecule has 0 aromatic heterocycles. The molecular weight excluding hydrogens is 180 g/mol. The largest absolute Gasteiger partial charge is 0.370 e. The van der Waals surface area contributed by atoms with Crippen LogP contribution >= 0.6 is 12.4 Å². The molecule has 0 aromatic carbocycles. The summed E-state index contributed by atoms with van der Waals surface area (Å²) >= 11 is 0. The van der Waals surface area contributed by atoms with Crippen molar-refractivity contribution in [2.45, 2.75) is 13.0 Å². The fraction of sp³-hybridized carbons (Fsp3) is 0.600. The molecule has 0 aliphatic heterocycles. The SMILES string of the molecule is CC(CN=C(N)N)NC(=N)N.Cl. The van der Waals surface area contributed by atoms with Crippen LogP contribution in [-0.4, -0.2) is 24.5 Å². The highest BCUT2D eigenvalue weighted by Crippen LogP contribution is 1.80. The minimum Gasteiger partial charge on any atom is -0.370 e. The molecule has 72 valence electrons. The van der Waals surface area contributed by atoms with Crippen LogP contribution in [0.3, 0.4) is 0 Å². The zero-order valence-corrected chi connectivity index (χ0v) is 7.69. The van der Waals surface area contributed by atoms with Gasteiger partial charge in [0.1, 0.15) is 0 Å². The van der Waals surface area contributed by atoms with Crippen LogP contribution in [0.15, 0.2) is 4.99 Å². The van der Waals surface area contributed by atoms with Gasteiger partial charge in [-0.25, -0.2) is 0 Å². The van der Waals surface area contributed by atoms with Gasteiger partial charge >= 0.3 is 0 Å². The molecule has 0 radical (unpaired) electrons. The summed E-state index contributed by atoms with van der Waals surface area (Å²) in [6.45, 7) is 2.25. The lowest BCUT2D eigenvalue weighted by Crippen LogP contribution is -2.39. The maximum atomic E-state index is 6.87. The van der Waals surface area contributed by atoms with E-state index in [2.05, 4.69) is 10.3 Å². The van der Waals surface area contributed by atoms with Gasteiger partial charge in [0.25, 0.3) is 0 Å². The summed E-state index contributed by atoms with van der Waals surface area (Å²) < 4.78 is 0. The first kappa shape index (κ1) is 13.4. The summed E-state index contributed by atoms with van der Waals surface area (Å²) in [5, 5.41) is 9.51. The second kappa shape index (κ2) is 6.53. The van der Waals surface area contributed by atoms with Gasteiger partial charge in [-0.3, -0.25) is 10.4 Å². The van der Waals surface area contributed by atoms with Crippen molar-refractivity contribution in [3.63, 3.8) is 0 Å². The molecule has 0 amide bonds. The number of rotatable bonds is 3. The van der Waals surface area contributed by atoms with Crippen molar-refractivity contribution < 1.29 is 0 Å². The number of hydrogen-bond donors (Lipinski definition) is 5. The zero-order chi connectivity index (χ0) is 8.85. The highest BCUT2D eigenvalue weighted by molar-refractivity contribution is 5.85. The van der Waals surface area contributed by atoms with Crippen LogP contribution in [0.1, 0.15) is 6.92 Å². The first-order valence-corrected chi connectivity index (χ1v) is 3.18. The second-order valence-corrected chi connectivity index (χ2v) is 2.22. The smallest absolute Gasteiger partial charge is 0.185 e. The quantitative estimate of drug-likeness (QED) is 0.278. The summed E-state index contributed by atoms with van der Waals surface area (Å²) in [6, 6.07) is -0.0189. The minimum absolute atomic E-state index is 0. The van der Waals surface area contributed by atoms with Gasteiger partial charge in [0.2, 0.25) is 0 Å². The summed E-state index contributed by atoms with van der Waals surface area (Å²) in [6.07, 6.45) is 0. The van der Waals surface area contributed by atoms with Crippen LogP contribution in [0.25, 0.3) is 0 Å². The van der Waals surface area contributed by atoms with Crippen LogP contribution in [0.4, 0.5) is 0 Å². The van der Waals surface area contributed by atoms with Crippen LogP contribution in [0.2, 0.25) is 0 Å². The zero-order valence-electron chi connectivity index (χ0n) is 6.87. The topological polar surface area (TPSA) is 126 Å². The molecule has 1 unspecified atom stereocenters. The molecule has 7 heteroatoms. The summed E-state index contributed by atoms with van der Waals surface area (Å²) in [5.41, 5.74) is 15.2. The Morgan fingerprint density at radius 3 is 2.33 bits per heavy atom. The first-order chi connectivity index (χ1) is 5.02. The Balaban J connectivity index is 0. The molecule has 0 fully saturated rings. The summed E-state index contributed by atoms with van der Waals surface area (Å²) in [7, 11) is 0. The third-order valence-electron chi connectivity index (χ3n) is 0.950. The lowest BCUT2D eigenvalue weighted by molar-refractivity contribution is 0.668. The van der Waals surface area contributed by atoms with Gasteiger partial charge in [0, 0.05) is 6.04 Å². The number of guanidine groups is 2. The Bertz CT molecular complexity index is 163. The molecule has 0 aromatic rings. The van der Waals surface area contributed by atoms with E-state index in [-0.39, 0.29) is 30.4 Å². The van der Waals surface area contributed by atoms with Crippen molar-refractivity contribution >= 4 is 24.3 Å². The Hall–Kier alpha value is -1.17. The molecule has 0 rings (SSSR count). The average Bonchev–Trinajstić information content (AvgIpc) is 1.82. The van der Waals surface area contributed by atoms with Gasteiger partial charge in [-0.15, -0.1) is 12.4 Å². The van der Waals surface area contributed by atoms with Crippen molar-refractivity contribution in [1.82, 2.24) is 5.32 Å². The molecule has 0 saturated carbocycles. The predicted octanol–water partition coefficient (Wildman–Crippen LogP) is -1.45. The number of nitrogens with one attached hydrogen (secondary N) is 2.